The Morgan fingerprint density at radius 2 is 1.90 bits per heavy atom. The van der Waals surface area contributed by atoms with E-state index in [1.54, 1.807) is 0 Å². The Morgan fingerprint density at radius 1 is 1.20 bits per heavy atom. The summed E-state index contributed by atoms with van der Waals surface area (Å²) in [7, 11) is 0. The Balaban J connectivity index is 2.31. The van der Waals surface area contributed by atoms with Crippen molar-refractivity contribution in [2.24, 2.45) is 0 Å². The molecule has 104 valence electrons. The summed E-state index contributed by atoms with van der Waals surface area (Å²) in [5.41, 5.74) is -1.65. The maximum absolute atomic E-state index is 13.3. The normalized spacial score (nSPS) is 10.3. The fraction of sp³-hybridized carbons (Fsp3) is 0. The number of halogens is 3. The number of anilines is 1. The van der Waals surface area contributed by atoms with Crippen molar-refractivity contribution < 1.29 is 27.9 Å². The summed E-state index contributed by atoms with van der Waals surface area (Å²) < 4.78 is 39.0. The largest absolute Gasteiger partial charge is 0.477 e. The number of hydrogen-bond acceptors (Lipinski definition) is 3. The number of aromatic amines is 1. The Labute approximate surface area is 109 Å². The fourth-order valence-corrected chi connectivity index (χ4v) is 1.43. The lowest BCUT2D eigenvalue weighted by Gasteiger charge is -2.06. The Kier molecular flexibility index (Phi) is 3.42. The topological polar surface area (TPSA) is 95.1 Å². The number of H-pyrrole nitrogens is 1. The minimum absolute atomic E-state index is 0.509. The standard InChI is InChI=1S/C11H6F3N3O3/c12-4-1-2-5(7(14)6(4)13)17-10(18)8-9(11(19)20)16-3-15-8/h1-3H,(H,15,16)(H,17,18)(H,19,20). The number of nitrogens with one attached hydrogen (secondary N) is 2. The molecule has 20 heavy (non-hydrogen) atoms. The van der Waals surface area contributed by atoms with Crippen LogP contribution in [0.2, 0.25) is 0 Å². The van der Waals surface area contributed by atoms with E-state index < -0.39 is 46.4 Å². The third kappa shape index (κ3) is 2.32. The second-order valence-corrected chi connectivity index (χ2v) is 3.61. The van der Waals surface area contributed by atoms with Gasteiger partial charge in [-0.1, -0.05) is 0 Å². The van der Waals surface area contributed by atoms with Crippen molar-refractivity contribution in [2.45, 2.75) is 0 Å². The second-order valence-electron chi connectivity index (χ2n) is 3.61. The van der Waals surface area contributed by atoms with Gasteiger partial charge in [0, 0.05) is 0 Å². The number of amides is 1. The van der Waals surface area contributed by atoms with E-state index in [1.807, 2.05) is 5.32 Å². The molecule has 0 bridgehead atoms. The van der Waals surface area contributed by atoms with Gasteiger partial charge in [0.15, 0.2) is 28.8 Å². The lowest BCUT2D eigenvalue weighted by atomic mass is 10.2. The predicted octanol–water partition coefficient (Wildman–Crippen LogP) is 1.78. The van der Waals surface area contributed by atoms with Crippen LogP contribution >= 0.6 is 0 Å². The molecule has 6 nitrogen and oxygen atoms in total. The Hall–Kier alpha value is -2.84. The van der Waals surface area contributed by atoms with Gasteiger partial charge in [0.25, 0.3) is 5.91 Å². The molecule has 0 saturated carbocycles. The number of benzene rings is 1. The molecule has 2 aromatic rings. The molecular weight excluding hydrogens is 279 g/mol. The summed E-state index contributed by atoms with van der Waals surface area (Å²) >= 11 is 0. The fourth-order valence-electron chi connectivity index (χ4n) is 1.43. The molecule has 0 aliphatic rings. The molecular formula is C11H6F3N3O3. The van der Waals surface area contributed by atoms with Crippen LogP contribution in [0.3, 0.4) is 0 Å². The van der Waals surface area contributed by atoms with Crippen molar-refractivity contribution >= 4 is 17.6 Å². The minimum atomic E-state index is -1.75. The number of carbonyl (C=O) groups is 2. The van der Waals surface area contributed by atoms with Crippen molar-refractivity contribution in [1.29, 1.82) is 0 Å². The Bertz CT molecular complexity index is 699. The molecule has 0 aliphatic heterocycles. The minimum Gasteiger partial charge on any atom is -0.477 e. The molecule has 2 rings (SSSR count). The van der Waals surface area contributed by atoms with Gasteiger partial charge in [-0.3, -0.25) is 4.79 Å². The zero-order valence-corrected chi connectivity index (χ0v) is 9.58. The van der Waals surface area contributed by atoms with Crippen molar-refractivity contribution in [2.75, 3.05) is 5.32 Å². The van der Waals surface area contributed by atoms with Crippen molar-refractivity contribution in [1.82, 2.24) is 9.97 Å². The van der Waals surface area contributed by atoms with E-state index in [0.29, 0.717) is 6.07 Å². The molecule has 3 N–H and O–H groups in total. The predicted molar refractivity (Wildman–Crippen MR) is 59.8 cm³/mol. The SMILES string of the molecule is O=C(Nc1ccc(F)c(F)c1F)c1nc[nH]c1C(=O)O. The van der Waals surface area contributed by atoms with E-state index in [-0.39, 0.29) is 0 Å². The summed E-state index contributed by atoms with van der Waals surface area (Å²) in [5.74, 6) is -7.27. The van der Waals surface area contributed by atoms with E-state index >= 15 is 0 Å². The zero-order chi connectivity index (χ0) is 14.9. The van der Waals surface area contributed by atoms with Gasteiger partial charge >= 0.3 is 5.97 Å². The van der Waals surface area contributed by atoms with Gasteiger partial charge < -0.3 is 15.4 Å². The molecule has 9 heteroatoms. The number of carboxylic acids is 1. The van der Waals surface area contributed by atoms with E-state index in [2.05, 4.69) is 9.97 Å². The van der Waals surface area contributed by atoms with Crippen LogP contribution in [0.1, 0.15) is 21.0 Å². The van der Waals surface area contributed by atoms with E-state index in [4.69, 9.17) is 5.11 Å². The third-order valence-corrected chi connectivity index (χ3v) is 2.35. The average molecular weight is 285 g/mol. The van der Waals surface area contributed by atoms with Gasteiger partial charge in [-0.15, -0.1) is 0 Å². The molecule has 0 aliphatic carbocycles. The van der Waals surface area contributed by atoms with Gasteiger partial charge in [-0.2, -0.15) is 0 Å². The number of hydrogen-bond donors (Lipinski definition) is 3. The maximum Gasteiger partial charge on any atom is 0.354 e. The van der Waals surface area contributed by atoms with Gasteiger partial charge in [0.05, 0.1) is 12.0 Å². The Morgan fingerprint density at radius 3 is 2.55 bits per heavy atom. The van der Waals surface area contributed by atoms with Crippen LogP contribution in [0, 0.1) is 17.5 Å². The van der Waals surface area contributed by atoms with Gasteiger partial charge in [0.1, 0.15) is 0 Å². The highest BCUT2D eigenvalue weighted by Gasteiger charge is 2.22. The maximum atomic E-state index is 13.3. The molecule has 1 heterocycles. The van der Waals surface area contributed by atoms with Gasteiger partial charge in [-0.25, -0.2) is 22.9 Å². The number of rotatable bonds is 3. The van der Waals surface area contributed by atoms with Crippen LogP contribution in [0.25, 0.3) is 0 Å². The number of aromatic nitrogens is 2. The van der Waals surface area contributed by atoms with Crippen LogP contribution in [0.4, 0.5) is 18.9 Å². The molecule has 0 spiro atoms. The van der Waals surface area contributed by atoms with Crippen LogP contribution in [0.15, 0.2) is 18.5 Å². The van der Waals surface area contributed by atoms with Crippen LogP contribution in [-0.2, 0) is 0 Å². The smallest absolute Gasteiger partial charge is 0.354 e. The molecule has 1 aromatic heterocycles. The first-order chi connectivity index (χ1) is 9.41. The molecule has 0 unspecified atom stereocenters. The molecule has 1 amide bonds. The molecule has 1 aromatic carbocycles. The number of carbonyl (C=O) groups excluding carboxylic acids is 1. The molecule has 0 fully saturated rings. The summed E-state index contributed by atoms with van der Waals surface area (Å²) in [6.45, 7) is 0. The van der Waals surface area contributed by atoms with Crippen molar-refractivity contribution in [3.63, 3.8) is 0 Å². The first-order valence-corrected chi connectivity index (χ1v) is 5.13. The highest BCUT2D eigenvalue weighted by atomic mass is 19.2. The van der Waals surface area contributed by atoms with E-state index in [1.165, 1.54) is 0 Å². The number of carboxylic acid groups (broad SMARTS) is 1. The van der Waals surface area contributed by atoms with Crippen molar-refractivity contribution in [3.05, 3.63) is 47.3 Å². The molecule has 0 radical (unpaired) electrons. The summed E-state index contributed by atoms with van der Waals surface area (Å²) in [5, 5.41) is 10.7. The zero-order valence-electron chi connectivity index (χ0n) is 9.58. The number of nitrogens with zero attached hydrogens (tertiary/aromatic N) is 1. The molecule has 0 atom stereocenters. The number of imidazole rings is 1. The highest BCUT2D eigenvalue weighted by Crippen LogP contribution is 2.20. The summed E-state index contributed by atoms with van der Waals surface area (Å²) in [6.07, 6.45) is 0.958. The van der Waals surface area contributed by atoms with Crippen LogP contribution in [0.5, 0.6) is 0 Å². The van der Waals surface area contributed by atoms with Crippen LogP contribution in [-0.4, -0.2) is 27.0 Å². The van der Waals surface area contributed by atoms with Crippen molar-refractivity contribution in [3.8, 4) is 0 Å². The monoisotopic (exact) mass is 285 g/mol. The molecule has 0 saturated heterocycles. The lowest BCUT2D eigenvalue weighted by molar-refractivity contribution is 0.0686. The summed E-state index contributed by atoms with van der Waals surface area (Å²) in [4.78, 5) is 28.2. The van der Waals surface area contributed by atoms with E-state index in [9.17, 15) is 22.8 Å². The van der Waals surface area contributed by atoms with Gasteiger partial charge in [0.2, 0.25) is 0 Å². The highest BCUT2D eigenvalue weighted by molar-refractivity contribution is 6.08. The van der Waals surface area contributed by atoms with E-state index in [0.717, 1.165) is 12.4 Å². The average Bonchev–Trinajstić information content (AvgIpc) is 2.89. The summed E-state index contributed by atoms with van der Waals surface area (Å²) in [6, 6.07) is 1.43. The first kappa shape index (κ1) is 13.6. The third-order valence-electron chi connectivity index (χ3n) is 2.35. The quantitative estimate of drug-likeness (QED) is 0.749. The number of aromatic carboxylic acids is 1. The van der Waals surface area contributed by atoms with Crippen LogP contribution < -0.4 is 5.32 Å². The van der Waals surface area contributed by atoms with Gasteiger partial charge in [-0.05, 0) is 12.1 Å². The second kappa shape index (κ2) is 5.03. The lowest BCUT2D eigenvalue weighted by Crippen LogP contribution is -2.17. The first-order valence-electron chi connectivity index (χ1n) is 5.13.